The molecule has 0 bridgehead atoms. The normalized spacial score (nSPS) is 14.8. The van der Waals surface area contributed by atoms with E-state index in [0.29, 0.717) is 17.9 Å². The molecule has 1 unspecified atom stereocenters. The van der Waals surface area contributed by atoms with E-state index in [0.717, 1.165) is 37.2 Å². The zero-order chi connectivity index (χ0) is 22.5. The number of hydrogen-bond donors (Lipinski definition) is 3. The number of rotatable bonds is 8. The number of carbonyl (C=O) groups excluding carboxylic acids is 3. The number of ether oxygens (including phenoxy) is 1. The number of para-hydroxylation sites is 2. The molecular formula is C21H27N5O4S. The lowest BCUT2D eigenvalue weighted by Crippen LogP contribution is -2.51. The van der Waals surface area contributed by atoms with Crippen molar-refractivity contribution in [2.24, 2.45) is 5.73 Å². The van der Waals surface area contributed by atoms with Crippen molar-refractivity contribution in [2.75, 3.05) is 17.7 Å². The Morgan fingerprint density at radius 2 is 1.97 bits per heavy atom. The molecule has 1 aliphatic rings. The maximum absolute atomic E-state index is 13.6. The Hall–Kier alpha value is -3.14. The van der Waals surface area contributed by atoms with Crippen molar-refractivity contribution < 1.29 is 19.1 Å². The summed E-state index contributed by atoms with van der Waals surface area (Å²) in [4.78, 5) is 39.8. The molecule has 10 heteroatoms. The van der Waals surface area contributed by atoms with Crippen molar-refractivity contribution in [3.05, 3.63) is 34.8 Å². The number of methoxy groups -OCH3 is 1. The van der Waals surface area contributed by atoms with E-state index in [9.17, 15) is 14.4 Å². The summed E-state index contributed by atoms with van der Waals surface area (Å²) in [5, 5.41) is 3.07. The lowest BCUT2D eigenvalue weighted by atomic mass is 10.1. The van der Waals surface area contributed by atoms with Gasteiger partial charge in [-0.2, -0.15) is 4.37 Å². The molecule has 1 fully saturated rings. The zero-order valence-electron chi connectivity index (χ0n) is 17.6. The third-order valence-electron chi connectivity index (χ3n) is 5.42. The molecule has 0 spiro atoms. The number of amides is 3. The van der Waals surface area contributed by atoms with E-state index in [4.69, 9.17) is 16.2 Å². The predicted octanol–water partition coefficient (Wildman–Crippen LogP) is 2.32. The lowest BCUT2D eigenvalue weighted by molar-refractivity contribution is -0.123. The first-order chi connectivity index (χ1) is 14.9. The van der Waals surface area contributed by atoms with Crippen LogP contribution in [0.25, 0.3) is 0 Å². The Bertz CT molecular complexity index is 970. The molecule has 166 valence electrons. The number of nitrogens with zero attached hydrogens (tertiary/aromatic N) is 2. The number of nitrogen functional groups attached to an aromatic ring is 1. The van der Waals surface area contributed by atoms with Gasteiger partial charge < -0.3 is 21.5 Å². The van der Waals surface area contributed by atoms with Gasteiger partial charge >= 0.3 is 0 Å². The standard InChI is InChI=1S/C21H27N5O4S/c1-3-13(20(28)24-12-8-4-5-9-12)26(14-10-6-7-11-15(14)30-2)21(29)18-16(22)17(19(23)27)25-31-18/h6-7,10-13H,3-5,8-9,22H2,1-2H3,(H2,23,27)(H,24,28). The first-order valence-corrected chi connectivity index (χ1v) is 11.0. The summed E-state index contributed by atoms with van der Waals surface area (Å²) in [6.45, 7) is 1.83. The van der Waals surface area contributed by atoms with E-state index in [1.54, 1.807) is 24.3 Å². The quantitative estimate of drug-likeness (QED) is 0.569. The van der Waals surface area contributed by atoms with E-state index >= 15 is 0 Å². The second-order valence-electron chi connectivity index (χ2n) is 7.40. The van der Waals surface area contributed by atoms with Crippen LogP contribution < -0.4 is 26.4 Å². The van der Waals surface area contributed by atoms with Crippen LogP contribution in [-0.4, -0.2) is 41.3 Å². The Morgan fingerprint density at radius 3 is 2.55 bits per heavy atom. The molecule has 0 radical (unpaired) electrons. The van der Waals surface area contributed by atoms with Crippen LogP contribution in [0.2, 0.25) is 0 Å². The van der Waals surface area contributed by atoms with E-state index < -0.39 is 17.9 Å². The van der Waals surface area contributed by atoms with Gasteiger partial charge in [-0.3, -0.25) is 19.3 Å². The average Bonchev–Trinajstić information content (AvgIpc) is 3.40. The van der Waals surface area contributed by atoms with Crippen LogP contribution in [0.5, 0.6) is 5.75 Å². The first-order valence-electron chi connectivity index (χ1n) is 10.2. The monoisotopic (exact) mass is 445 g/mol. The Labute approximate surface area is 184 Å². The van der Waals surface area contributed by atoms with Gasteiger partial charge in [-0.15, -0.1) is 0 Å². The molecule has 0 aliphatic heterocycles. The third-order valence-corrected chi connectivity index (χ3v) is 6.27. The number of nitrogens with two attached hydrogens (primary N) is 2. The molecule has 1 atom stereocenters. The number of anilines is 2. The molecule has 2 aromatic rings. The smallest absolute Gasteiger partial charge is 0.272 e. The highest BCUT2D eigenvalue weighted by Crippen LogP contribution is 2.34. The molecule has 3 rings (SSSR count). The number of nitrogens with one attached hydrogen (secondary N) is 1. The fraction of sp³-hybridized carbons (Fsp3) is 0.429. The van der Waals surface area contributed by atoms with Gasteiger partial charge in [0.2, 0.25) is 5.91 Å². The van der Waals surface area contributed by atoms with Gasteiger partial charge in [-0.1, -0.05) is 31.9 Å². The van der Waals surface area contributed by atoms with Crippen LogP contribution in [-0.2, 0) is 4.79 Å². The van der Waals surface area contributed by atoms with Gasteiger partial charge in [-0.05, 0) is 42.9 Å². The summed E-state index contributed by atoms with van der Waals surface area (Å²) in [5.74, 6) is -1.17. The molecule has 1 saturated carbocycles. The predicted molar refractivity (Wildman–Crippen MR) is 119 cm³/mol. The molecule has 3 amide bonds. The van der Waals surface area contributed by atoms with E-state index in [-0.39, 0.29) is 28.2 Å². The highest BCUT2D eigenvalue weighted by atomic mass is 32.1. The molecular weight excluding hydrogens is 418 g/mol. The van der Waals surface area contributed by atoms with Crippen molar-refractivity contribution in [1.82, 2.24) is 9.69 Å². The van der Waals surface area contributed by atoms with Gasteiger partial charge in [-0.25, -0.2) is 0 Å². The third kappa shape index (κ3) is 4.63. The minimum atomic E-state index is -0.817. The number of carbonyl (C=O) groups is 3. The van der Waals surface area contributed by atoms with E-state index in [2.05, 4.69) is 9.69 Å². The van der Waals surface area contributed by atoms with Crippen LogP contribution in [0.3, 0.4) is 0 Å². The molecule has 5 N–H and O–H groups in total. The average molecular weight is 446 g/mol. The van der Waals surface area contributed by atoms with Crippen LogP contribution in [0.15, 0.2) is 24.3 Å². The van der Waals surface area contributed by atoms with Crippen molar-refractivity contribution in [3.8, 4) is 5.75 Å². The van der Waals surface area contributed by atoms with Gasteiger partial charge in [0.05, 0.1) is 18.5 Å². The van der Waals surface area contributed by atoms with E-state index in [1.807, 2.05) is 6.92 Å². The molecule has 1 heterocycles. The summed E-state index contributed by atoms with van der Waals surface area (Å²) in [6.07, 6.45) is 4.36. The fourth-order valence-electron chi connectivity index (χ4n) is 3.84. The zero-order valence-corrected chi connectivity index (χ0v) is 18.4. The Balaban J connectivity index is 2.04. The second kappa shape index (κ2) is 9.78. The van der Waals surface area contributed by atoms with Crippen LogP contribution in [0.4, 0.5) is 11.4 Å². The van der Waals surface area contributed by atoms with Gasteiger partial charge in [0.1, 0.15) is 16.7 Å². The van der Waals surface area contributed by atoms with Crippen molar-refractivity contribution in [1.29, 1.82) is 0 Å². The number of primary amides is 1. The van der Waals surface area contributed by atoms with Gasteiger partial charge in [0.15, 0.2) is 5.69 Å². The minimum absolute atomic E-state index is 0.0480. The van der Waals surface area contributed by atoms with Crippen LogP contribution >= 0.6 is 11.5 Å². The SMILES string of the molecule is CCC(C(=O)NC1CCCC1)N(C(=O)c1snc(C(N)=O)c1N)c1ccccc1OC. The molecule has 1 aliphatic carbocycles. The maximum atomic E-state index is 13.6. The molecule has 9 nitrogen and oxygen atoms in total. The molecule has 1 aromatic heterocycles. The Morgan fingerprint density at radius 1 is 1.29 bits per heavy atom. The molecule has 1 aromatic carbocycles. The summed E-state index contributed by atoms with van der Waals surface area (Å²) in [7, 11) is 1.49. The van der Waals surface area contributed by atoms with Crippen molar-refractivity contribution in [2.45, 2.75) is 51.1 Å². The van der Waals surface area contributed by atoms with Gasteiger partial charge in [0, 0.05) is 6.04 Å². The second-order valence-corrected chi connectivity index (χ2v) is 8.17. The largest absolute Gasteiger partial charge is 0.495 e. The highest BCUT2D eigenvalue weighted by molar-refractivity contribution is 7.09. The van der Waals surface area contributed by atoms with Crippen LogP contribution in [0.1, 0.15) is 59.2 Å². The molecule has 0 saturated heterocycles. The summed E-state index contributed by atoms with van der Waals surface area (Å²) in [5.41, 5.74) is 11.5. The molecule has 31 heavy (non-hydrogen) atoms. The summed E-state index contributed by atoms with van der Waals surface area (Å²) in [6, 6.07) is 6.24. The summed E-state index contributed by atoms with van der Waals surface area (Å²) >= 11 is 0.782. The first kappa shape index (κ1) is 22.5. The van der Waals surface area contributed by atoms with Crippen molar-refractivity contribution >= 4 is 40.6 Å². The maximum Gasteiger partial charge on any atom is 0.272 e. The van der Waals surface area contributed by atoms with Gasteiger partial charge in [0.25, 0.3) is 11.8 Å². The van der Waals surface area contributed by atoms with Crippen molar-refractivity contribution in [3.63, 3.8) is 0 Å². The number of benzene rings is 1. The Kier molecular flexibility index (Phi) is 7.11. The fourth-order valence-corrected chi connectivity index (χ4v) is 4.58. The van der Waals surface area contributed by atoms with Crippen LogP contribution in [0, 0.1) is 0 Å². The highest BCUT2D eigenvalue weighted by Gasteiger charge is 2.36. The topological polar surface area (TPSA) is 141 Å². The lowest BCUT2D eigenvalue weighted by Gasteiger charge is -2.32. The van der Waals surface area contributed by atoms with E-state index in [1.165, 1.54) is 12.0 Å². The summed E-state index contributed by atoms with van der Waals surface area (Å²) < 4.78 is 9.38. The number of hydrogen-bond acceptors (Lipinski definition) is 7. The number of aromatic nitrogens is 1. The minimum Gasteiger partial charge on any atom is -0.495 e.